The van der Waals surface area contributed by atoms with Crippen LogP contribution in [0.3, 0.4) is 0 Å². The van der Waals surface area contributed by atoms with E-state index in [4.69, 9.17) is 11.5 Å². The minimum absolute atomic E-state index is 0.297. The van der Waals surface area contributed by atoms with Crippen LogP contribution in [0.15, 0.2) is 18.3 Å². The van der Waals surface area contributed by atoms with Gasteiger partial charge in [-0.05, 0) is 25.8 Å². The number of hydrogen-bond acceptors (Lipinski definition) is 6. The van der Waals surface area contributed by atoms with Crippen LogP contribution >= 0.6 is 0 Å². The summed E-state index contributed by atoms with van der Waals surface area (Å²) in [6, 6.07) is 4.26. The summed E-state index contributed by atoms with van der Waals surface area (Å²) in [5.74, 6) is 1.49. The molecule has 2 aromatic rings. The Morgan fingerprint density at radius 3 is 2.86 bits per heavy atom. The highest BCUT2D eigenvalue weighted by molar-refractivity contribution is 5.41. The molecular formula is C14H21N7. The zero-order valence-corrected chi connectivity index (χ0v) is 12.2. The first-order valence-corrected chi connectivity index (χ1v) is 7.24. The van der Waals surface area contributed by atoms with Gasteiger partial charge in [-0.2, -0.15) is 10.1 Å². The average Bonchev–Trinajstić information content (AvgIpc) is 2.80. The minimum atomic E-state index is 0.297. The molecule has 0 radical (unpaired) electrons. The number of nitrogens with one attached hydrogen (secondary N) is 1. The van der Waals surface area contributed by atoms with Crippen molar-refractivity contribution in [3.8, 4) is 0 Å². The molecule has 0 aliphatic heterocycles. The number of rotatable bonds is 5. The molecule has 2 aromatic heterocycles. The van der Waals surface area contributed by atoms with Crippen LogP contribution in [0.25, 0.3) is 0 Å². The third-order valence-corrected chi connectivity index (χ3v) is 3.78. The van der Waals surface area contributed by atoms with Gasteiger partial charge in [0, 0.05) is 30.8 Å². The van der Waals surface area contributed by atoms with E-state index in [2.05, 4.69) is 20.4 Å². The predicted molar refractivity (Wildman–Crippen MR) is 81.8 cm³/mol. The van der Waals surface area contributed by atoms with Crippen LogP contribution in [0.5, 0.6) is 0 Å². The van der Waals surface area contributed by atoms with E-state index in [1.807, 2.05) is 29.9 Å². The van der Waals surface area contributed by atoms with E-state index in [1.54, 1.807) is 0 Å². The summed E-state index contributed by atoms with van der Waals surface area (Å²) in [5, 5.41) is 7.62. The van der Waals surface area contributed by atoms with Crippen LogP contribution < -0.4 is 16.8 Å². The molecular weight excluding hydrogens is 266 g/mol. The van der Waals surface area contributed by atoms with Crippen molar-refractivity contribution in [2.45, 2.75) is 38.3 Å². The van der Waals surface area contributed by atoms with Crippen molar-refractivity contribution in [2.75, 3.05) is 17.6 Å². The topological polar surface area (TPSA) is 108 Å². The Labute approximate surface area is 123 Å². The van der Waals surface area contributed by atoms with Gasteiger partial charge in [-0.15, -0.1) is 0 Å². The molecule has 0 bridgehead atoms. The van der Waals surface area contributed by atoms with Gasteiger partial charge in [0.2, 0.25) is 5.95 Å². The molecule has 7 heteroatoms. The number of anilines is 2. The Balaban J connectivity index is 1.59. The zero-order valence-electron chi connectivity index (χ0n) is 12.2. The van der Waals surface area contributed by atoms with E-state index in [9.17, 15) is 0 Å². The standard InChI is InChI=1S/C14H21N7/c1-9-2-4-21(20-9)5-3-17-13-8-12(18-14(16)19-13)10-6-11(15)7-10/h2,4,8,10-11H,3,5-7,15H2,1H3,(H3,16,17,18,19). The normalized spacial score (nSPS) is 21.0. The Morgan fingerprint density at radius 2 is 2.19 bits per heavy atom. The number of aryl methyl sites for hydroxylation is 1. The molecule has 112 valence electrons. The molecule has 21 heavy (non-hydrogen) atoms. The van der Waals surface area contributed by atoms with E-state index < -0.39 is 0 Å². The second kappa shape index (κ2) is 5.69. The molecule has 1 fully saturated rings. The molecule has 1 aliphatic rings. The van der Waals surface area contributed by atoms with Crippen molar-refractivity contribution < 1.29 is 0 Å². The molecule has 1 saturated carbocycles. The summed E-state index contributed by atoms with van der Waals surface area (Å²) in [5.41, 5.74) is 13.6. The second-order valence-corrected chi connectivity index (χ2v) is 5.61. The van der Waals surface area contributed by atoms with E-state index in [0.29, 0.717) is 17.9 Å². The molecule has 1 aliphatic carbocycles. The van der Waals surface area contributed by atoms with Gasteiger partial charge < -0.3 is 16.8 Å². The molecule has 2 heterocycles. The first kappa shape index (κ1) is 13.8. The highest BCUT2D eigenvalue weighted by Gasteiger charge is 2.29. The fourth-order valence-corrected chi connectivity index (χ4v) is 2.57. The molecule has 0 saturated heterocycles. The maximum Gasteiger partial charge on any atom is 0.222 e. The Bertz CT molecular complexity index is 616. The number of nitrogens with two attached hydrogens (primary N) is 2. The first-order chi connectivity index (χ1) is 10.1. The lowest BCUT2D eigenvalue weighted by atomic mass is 9.78. The van der Waals surface area contributed by atoms with Gasteiger partial charge in [-0.3, -0.25) is 4.68 Å². The summed E-state index contributed by atoms with van der Waals surface area (Å²) in [7, 11) is 0. The maximum absolute atomic E-state index is 5.83. The van der Waals surface area contributed by atoms with Gasteiger partial charge >= 0.3 is 0 Å². The summed E-state index contributed by atoms with van der Waals surface area (Å²) in [6.45, 7) is 3.49. The third kappa shape index (κ3) is 3.30. The summed E-state index contributed by atoms with van der Waals surface area (Å²) < 4.78 is 1.90. The van der Waals surface area contributed by atoms with E-state index in [0.717, 1.165) is 43.1 Å². The highest BCUT2D eigenvalue weighted by Crippen LogP contribution is 2.35. The van der Waals surface area contributed by atoms with Crippen LogP contribution in [0, 0.1) is 6.92 Å². The molecule has 7 nitrogen and oxygen atoms in total. The van der Waals surface area contributed by atoms with E-state index in [1.165, 1.54) is 0 Å². The van der Waals surface area contributed by atoms with Crippen molar-refractivity contribution in [3.63, 3.8) is 0 Å². The highest BCUT2D eigenvalue weighted by atomic mass is 15.3. The Hall–Kier alpha value is -2.15. The van der Waals surface area contributed by atoms with Crippen LogP contribution in [-0.2, 0) is 6.54 Å². The van der Waals surface area contributed by atoms with Crippen molar-refractivity contribution in [2.24, 2.45) is 5.73 Å². The van der Waals surface area contributed by atoms with Gasteiger partial charge in [0.15, 0.2) is 0 Å². The van der Waals surface area contributed by atoms with Gasteiger partial charge in [-0.1, -0.05) is 0 Å². The van der Waals surface area contributed by atoms with Crippen LogP contribution in [0.2, 0.25) is 0 Å². The monoisotopic (exact) mass is 287 g/mol. The quantitative estimate of drug-likeness (QED) is 0.753. The molecule has 3 rings (SSSR count). The molecule has 0 amide bonds. The Morgan fingerprint density at radius 1 is 1.38 bits per heavy atom. The smallest absolute Gasteiger partial charge is 0.222 e. The first-order valence-electron chi connectivity index (χ1n) is 7.24. The van der Waals surface area contributed by atoms with Crippen LogP contribution in [0.4, 0.5) is 11.8 Å². The number of aromatic nitrogens is 4. The molecule has 0 spiro atoms. The Kier molecular flexibility index (Phi) is 3.74. The number of nitrogens with zero attached hydrogens (tertiary/aromatic N) is 4. The lowest BCUT2D eigenvalue weighted by Crippen LogP contribution is -2.35. The van der Waals surface area contributed by atoms with Crippen LogP contribution in [-0.4, -0.2) is 32.3 Å². The third-order valence-electron chi connectivity index (χ3n) is 3.78. The number of hydrogen-bond donors (Lipinski definition) is 3. The predicted octanol–water partition coefficient (Wildman–Crippen LogP) is 0.881. The number of nitrogen functional groups attached to an aromatic ring is 1. The van der Waals surface area contributed by atoms with Crippen molar-refractivity contribution >= 4 is 11.8 Å². The lowest BCUT2D eigenvalue weighted by Gasteiger charge is -2.32. The molecule has 0 aromatic carbocycles. The van der Waals surface area contributed by atoms with Crippen molar-refractivity contribution in [1.82, 2.24) is 19.7 Å². The fourth-order valence-electron chi connectivity index (χ4n) is 2.57. The van der Waals surface area contributed by atoms with Gasteiger partial charge in [0.05, 0.1) is 17.9 Å². The zero-order chi connectivity index (χ0) is 14.8. The molecule has 5 N–H and O–H groups in total. The average molecular weight is 287 g/mol. The molecule has 0 unspecified atom stereocenters. The van der Waals surface area contributed by atoms with Gasteiger partial charge in [-0.25, -0.2) is 4.98 Å². The minimum Gasteiger partial charge on any atom is -0.368 e. The van der Waals surface area contributed by atoms with E-state index in [-0.39, 0.29) is 0 Å². The largest absolute Gasteiger partial charge is 0.368 e. The van der Waals surface area contributed by atoms with Crippen molar-refractivity contribution in [1.29, 1.82) is 0 Å². The maximum atomic E-state index is 5.83. The summed E-state index contributed by atoms with van der Waals surface area (Å²) in [6.07, 6.45) is 3.91. The van der Waals surface area contributed by atoms with Crippen LogP contribution in [0.1, 0.15) is 30.1 Å². The summed E-state index contributed by atoms with van der Waals surface area (Å²) >= 11 is 0. The van der Waals surface area contributed by atoms with Gasteiger partial charge in [0.25, 0.3) is 0 Å². The summed E-state index contributed by atoms with van der Waals surface area (Å²) in [4.78, 5) is 8.54. The lowest BCUT2D eigenvalue weighted by molar-refractivity contribution is 0.345. The van der Waals surface area contributed by atoms with E-state index >= 15 is 0 Å². The van der Waals surface area contributed by atoms with Gasteiger partial charge in [0.1, 0.15) is 5.82 Å². The SMILES string of the molecule is Cc1ccn(CCNc2cc(C3CC(N)C3)nc(N)n2)n1. The van der Waals surface area contributed by atoms with Crippen molar-refractivity contribution in [3.05, 3.63) is 29.7 Å². The molecule has 0 atom stereocenters. The second-order valence-electron chi connectivity index (χ2n) is 5.61. The fraction of sp³-hybridized carbons (Fsp3) is 0.500.